The minimum absolute atomic E-state index is 0.0981. The maximum absolute atomic E-state index is 11.1. The summed E-state index contributed by atoms with van der Waals surface area (Å²) in [5.74, 6) is -0.289. The van der Waals surface area contributed by atoms with Crippen molar-refractivity contribution in [3.05, 3.63) is 23.8 Å². The molecule has 0 aliphatic carbocycles. The maximum Gasteiger partial charge on any atom is 0.337 e. The van der Waals surface area contributed by atoms with Crippen LogP contribution in [-0.2, 0) is 9.47 Å². The molecular weight excluding hydrogens is 212 g/mol. The first-order valence-corrected chi connectivity index (χ1v) is 4.72. The van der Waals surface area contributed by atoms with Gasteiger partial charge in [-0.05, 0) is 18.2 Å². The molecule has 1 rings (SSSR count). The van der Waals surface area contributed by atoms with Crippen LogP contribution in [0.4, 0.5) is 0 Å². The van der Waals surface area contributed by atoms with Gasteiger partial charge >= 0.3 is 5.97 Å². The largest absolute Gasteiger partial charge is 0.504 e. The van der Waals surface area contributed by atoms with Crippen LogP contribution in [0.3, 0.4) is 0 Å². The van der Waals surface area contributed by atoms with Crippen LogP contribution in [-0.4, -0.2) is 38.5 Å². The van der Waals surface area contributed by atoms with Crippen molar-refractivity contribution in [3.8, 4) is 11.5 Å². The lowest BCUT2D eigenvalue weighted by Gasteiger charge is -2.08. The molecule has 0 aliphatic heterocycles. The second kappa shape index (κ2) is 5.97. The lowest BCUT2D eigenvalue weighted by molar-refractivity contribution is 0.0600. The Balaban J connectivity index is 2.71. The van der Waals surface area contributed by atoms with Crippen LogP contribution in [0.2, 0.25) is 0 Å². The lowest BCUT2D eigenvalue weighted by Crippen LogP contribution is -2.05. The normalized spacial score (nSPS) is 9.88. The van der Waals surface area contributed by atoms with E-state index in [4.69, 9.17) is 9.47 Å². The van der Waals surface area contributed by atoms with Crippen molar-refractivity contribution in [1.82, 2.24) is 0 Å². The summed E-state index contributed by atoms with van der Waals surface area (Å²) < 4.78 is 14.5. The highest BCUT2D eigenvalue weighted by molar-refractivity contribution is 5.90. The molecule has 0 atom stereocenters. The number of phenols is 1. The molecule has 0 saturated carbocycles. The number of carbonyl (C=O) groups excluding carboxylic acids is 1. The molecule has 0 radical (unpaired) electrons. The van der Waals surface area contributed by atoms with Gasteiger partial charge in [-0.25, -0.2) is 4.79 Å². The molecule has 0 saturated heterocycles. The van der Waals surface area contributed by atoms with Gasteiger partial charge in [0, 0.05) is 7.11 Å². The van der Waals surface area contributed by atoms with E-state index < -0.39 is 5.97 Å². The van der Waals surface area contributed by atoms with Crippen molar-refractivity contribution in [1.29, 1.82) is 0 Å². The number of carbonyl (C=O) groups is 1. The average Bonchev–Trinajstić information content (AvgIpc) is 2.30. The number of methoxy groups -OCH3 is 2. The fraction of sp³-hybridized carbons (Fsp3) is 0.364. The highest BCUT2D eigenvalue weighted by Gasteiger charge is 2.09. The van der Waals surface area contributed by atoms with Crippen LogP contribution in [0.25, 0.3) is 0 Å². The number of esters is 1. The molecule has 0 spiro atoms. The van der Waals surface area contributed by atoms with Gasteiger partial charge in [-0.15, -0.1) is 0 Å². The van der Waals surface area contributed by atoms with Gasteiger partial charge in [-0.2, -0.15) is 0 Å². The lowest BCUT2D eigenvalue weighted by atomic mass is 10.2. The van der Waals surface area contributed by atoms with E-state index in [-0.39, 0.29) is 11.3 Å². The number of rotatable bonds is 5. The van der Waals surface area contributed by atoms with E-state index in [9.17, 15) is 9.90 Å². The summed E-state index contributed by atoms with van der Waals surface area (Å²) in [6.45, 7) is 0.764. The van der Waals surface area contributed by atoms with Crippen molar-refractivity contribution >= 4 is 5.97 Å². The Bertz CT molecular complexity index is 361. The fourth-order valence-electron chi connectivity index (χ4n) is 1.12. The van der Waals surface area contributed by atoms with E-state index in [1.165, 1.54) is 25.3 Å². The van der Waals surface area contributed by atoms with Crippen LogP contribution in [0.15, 0.2) is 18.2 Å². The summed E-state index contributed by atoms with van der Waals surface area (Å²) in [6, 6.07) is 4.33. The Morgan fingerprint density at radius 1 is 1.31 bits per heavy atom. The number of hydrogen-bond donors (Lipinski definition) is 1. The molecule has 1 aromatic carbocycles. The van der Waals surface area contributed by atoms with Crippen LogP contribution >= 0.6 is 0 Å². The van der Waals surface area contributed by atoms with Crippen LogP contribution in [0, 0.1) is 0 Å². The number of benzene rings is 1. The topological polar surface area (TPSA) is 65.0 Å². The maximum atomic E-state index is 11.1. The molecule has 16 heavy (non-hydrogen) atoms. The molecule has 0 unspecified atom stereocenters. The van der Waals surface area contributed by atoms with Crippen LogP contribution < -0.4 is 4.74 Å². The monoisotopic (exact) mass is 226 g/mol. The van der Waals surface area contributed by atoms with Crippen molar-refractivity contribution in [2.45, 2.75) is 0 Å². The van der Waals surface area contributed by atoms with E-state index in [1.807, 2.05) is 0 Å². The number of ether oxygens (including phenoxy) is 3. The van der Waals surface area contributed by atoms with Gasteiger partial charge in [-0.3, -0.25) is 0 Å². The number of aromatic hydroxyl groups is 1. The minimum atomic E-state index is -0.501. The number of hydrogen-bond acceptors (Lipinski definition) is 5. The van der Waals surface area contributed by atoms with Crippen LogP contribution in [0.5, 0.6) is 11.5 Å². The van der Waals surface area contributed by atoms with Gasteiger partial charge in [0.15, 0.2) is 11.5 Å². The molecule has 0 aromatic heterocycles. The minimum Gasteiger partial charge on any atom is -0.504 e. The van der Waals surface area contributed by atoms with Gasteiger partial charge in [0.1, 0.15) is 6.61 Å². The van der Waals surface area contributed by atoms with Crippen molar-refractivity contribution in [2.24, 2.45) is 0 Å². The Kier molecular flexibility index (Phi) is 4.60. The van der Waals surface area contributed by atoms with E-state index in [1.54, 1.807) is 7.11 Å². The van der Waals surface area contributed by atoms with E-state index in [2.05, 4.69) is 4.74 Å². The molecule has 5 nitrogen and oxygen atoms in total. The zero-order valence-corrected chi connectivity index (χ0v) is 9.23. The average molecular weight is 226 g/mol. The Morgan fingerprint density at radius 2 is 2.06 bits per heavy atom. The summed E-state index contributed by atoms with van der Waals surface area (Å²) in [4.78, 5) is 11.1. The van der Waals surface area contributed by atoms with E-state index >= 15 is 0 Å². The zero-order chi connectivity index (χ0) is 12.0. The van der Waals surface area contributed by atoms with Crippen molar-refractivity contribution in [2.75, 3.05) is 27.4 Å². The van der Waals surface area contributed by atoms with Gasteiger partial charge < -0.3 is 19.3 Å². The van der Waals surface area contributed by atoms with Gasteiger partial charge in [0.2, 0.25) is 0 Å². The Hall–Kier alpha value is -1.75. The molecule has 0 heterocycles. The second-order valence-corrected chi connectivity index (χ2v) is 3.02. The molecule has 0 bridgehead atoms. The molecule has 0 fully saturated rings. The standard InChI is InChI=1S/C11H14O5/c1-14-5-6-16-10-4-3-8(7-9(10)12)11(13)15-2/h3-4,7,12H,5-6H2,1-2H3. The van der Waals surface area contributed by atoms with Gasteiger partial charge in [-0.1, -0.05) is 0 Å². The first kappa shape index (κ1) is 12.3. The predicted octanol–water partition coefficient (Wildman–Crippen LogP) is 1.20. The fourth-order valence-corrected chi connectivity index (χ4v) is 1.12. The number of phenolic OH excluding ortho intramolecular Hbond substituents is 1. The first-order chi connectivity index (χ1) is 7.69. The molecule has 5 heteroatoms. The second-order valence-electron chi connectivity index (χ2n) is 3.02. The molecular formula is C11H14O5. The third-order valence-electron chi connectivity index (χ3n) is 1.93. The van der Waals surface area contributed by atoms with Crippen molar-refractivity contribution in [3.63, 3.8) is 0 Å². The van der Waals surface area contributed by atoms with E-state index in [0.29, 0.717) is 19.0 Å². The first-order valence-electron chi connectivity index (χ1n) is 4.72. The summed E-state index contributed by atoms with van der Waals surface area (Å²) >= 11 is 0. The van der Waals surface area contributed by atoms with Crippen molar-refractivity contribution < 1.29 is 24.1 Å². The quantitative estimate of drug-likeness (QED) is 0.603. The summed E-state index contributed by atoms with van der Waals surface area (Å²) in [6.07, 6.45) is 0. The Morgan fingerprint density at radius 3 is 2.62 bits per heavy atom. The zero-order valence-electron chi connectivity index (χ0n) is 9.23. The summed E-state index contributed by atoms with van der Waals surface area (Å²) in [5.41, 5.74) is 0.277. The predicted molar refractivity (Wildman–Crippen MR) is 56.8 cm³/mol. The van der Waals surface area contributed by atoms with Gasteiger partial charge in [0.25, 0.3) is 0 Å². The van der Waals surface area contributed by atoms with Gasteiger partial charge in [0.05, 0.1) is 19.3 Å². The third kappa shape index (κ3) is 3.13. The molecule has 88 valence electrons. The Labute approximate surface area is 93.6 Å². The molecule has 1 N–H and O–H groups in total. The summed E-state index contributed by atoms with van der Waals surface area (Å²) in [7, 11) is 2.84. The molecule has 0 aliphatic rings. The van der Waals surface area contributed by atoms with Crippen LogP contribution in [0.1, 0.15) is 10.4 Å². The summed E-state index contributed by atoms with van der Waals surface area (Å²) in [5, 5.41) is 9.56. The smallest absolute Gasteiger partial charge is 0.337 e. The molecule has 1 aromatic rings. The highest BCUT2D eigenvalue weighted by Crippen LogP contribution is 2.26. The third-order valence-corrected chi connectivity index (χ3v) is 1.93. The SMILES string of the molecule is COCCOc1ccc(C(=O)OC)cc1O. The van der Waals surface area contributed by atoms with E-state index in [0.717, 1.165) is 0 Å². The highest BCUT2D eigenvalue weighted by atomic mass is 16.5. The molecule has 0 amide bonds.